The van der Waals surface area contributed by atoms with Gasteiger partial charge in [0.05, 0.1) is 4.47 Å². The minimum absolute atomic E-state index is 0.0921. The zero-order valence-corrected chi connectivity index (χ0v) is 10.3. The Kier molecular flexibility index (Phi) is 3.15. The molecule has 2 rings (SSSR count). The normalized spacial score (nSPS) is 10.2. The Bertz CT molecular complexity index is 564. The molecule has 86 valence electrons. The van der Waals surface area contributed by atoms with Crippen LogP contribution in [0.25, 0.3) is 0 Å². The highest BCUT2D eigenvalue weighted by atomic mass is 79.9. The van der Waals surface area contributed by atoms with Crippen LogP contribution in [0.5, 0.6) is 11.5 Å². The van der Waals surface area contributed by atoms with Gasteiger partial charge >= 0.3 is 0 Å². The van der Waals surface area contributed by atoms with E-state index in [-0.39, 0.29) is 17.1 Å². The molecule has 0 fully saturated rings. The van der Waals surface area contributed by atoms with Crippen molar-refractivity contribution in [3.63, 3.8) is 0 Å². The van der Waals surface area contributed by atoms with Gasteiger partial charge in [-0.25, -0.2) is 0 Å². The van der Waals surface area contributed by atoms with Crippen molar-refractivity contribution in [1.82, 2.24) is 0 Å². The highest BCUT2D eigenvalue weighted by molar-refractivity contribution is 9.10. The number of hydrogen-bond donors (Lipinski definition) is 2. The molecule has 0 aliphatic heterocycles. The number of benzene rings is 2. The van der Waals surface area contributed by atoms with Crippen molar-refractivity contribution in [2.75, 3.05) is 0 Å². The van der Waals surface area contributed by atoms with Gasteiger partial charge in [-0.15, -0.1) is 0 Å². The van der Waals surface area contributed by atoms with Crippen LogP contribution in [0, 0.1) is 0 Å². The zero-order chi connectivity index (χ0) is 12.4. The minimum atomic E-state index is -0.415. The first-order chi connectivity index (χ1) is 8.11. The number of aromatic hydroxyl groups is 2. The maximum atomic E-state index is 12.1. The van der Waals surface area contributed by atoms with Crippen LogP contribution in [0.2, 0.25) is 0 Å². The van der Waals surface area contributed by atoms with Crippen LogP contribution in [0.1, 0.15) is 15.9 Å². The van der Waals surface area contributed by atoms with E-state index in [1.165, 1.54) is 12.1 Å². The maximum absolute atomic E-state index is 12.1. The fourth-order valence-corrected chi connectivity index (χ4v) is 1.84. The van der Waals surface area contributed by atoms with Crippen LogP contribution < -0.4 is 0 Å². The molecule has 0 aliphatic carbocycles. The quantitative estimate of drug-likeness (QED) is 0.836. The number of rotatable bonds is 2. The molecule has 0 spiro atoms. The van der Waals surface area contributed by atoms with E-state index in [2.05, 4.69) is 15.9 Å². The van der Waals surface area contributed by atoms with Gasteiger partial charge in [0.25, 0.3) is 0 Å². The summed E-state index contributed by atoms with van der Waals surface area (Å²) in [5, 5.41) is 19.4. The molecule has 0 heterocycles. The Morgan fingerprint density at radius 1 is 1.00 bits per heavy atom. The lowest BCUT2D eigenvalue weighted by atomic mass is 10.0. The van der Waals surface area contributed by atoms with Gasteiger partial charge in [0, 0.05) is 5.56 Å². The number of halogens is 1. The van der Waals surface area contributed by atoms with Crippen molar-refractivity contribution >= 4 is 21.7 Å². The molecule has 2 N–H and O–H groups in total. The van der Waals surface area contributed by atoms with Crippen LogP contribution in [-0.4, -0.2) is 16.0 Å². The Balaban J connectivity index is 2.56. The molecule has 0 unspecified atom stereocenters. The molecule has 0 saturated carbocycles. The average molecular weight is 293 g/mol. The Morgan fingerprint density at radius 2 is 1.65 bits per heavy atom. The molecule has 0 bridgehead atoms. The highest BCUT2D eigenvalue weighted by Gasteiger charge is 2.19. The molecule has 0 atom stereocenters. The fraction of sp³-hybridized carbons (Fsp3) is 0. The molecule has 0 aliphatic rings. The Labute approximate surface area is 106 Å². The summed E-state index contributed by atoms with van der Waals surface area (Å²) >= 11 is 3.11. The van der Waals surface area contributed by atoms with E-state index in [4.69, 9.17) is 0 Å². The minimum Gasteiger partial charge on any atom is -0.507 e. The standard InChI is InChI=1S/C13H9BrO3/c14-9-6-7-10(15)11(13(9)17)12(16)8-4-2-1-3-5-8/h1-7,15,17H. The van der Waals surface area contributed by atoms with Crippen LogP contribution in [0.15, 0.2) is 46.9 Å². The summed E-state index contributed by atoms with van der Waals surface area (Å²) in [4.78, 5) is 12.1. The molecular weight excluding hydrogens is 284 g/mol. The van der Waals surface area contributed by atoms with E-state index in [0.29, 0.717) is 10.0 Å². The lowest BCUT2D eigenvalue weighted by Gasteiger charge is -2.07. The summed E-state index contributed by atoms with van der Waals surface area (Å²) in [5.74, 6) is -0.902. The fourth-order valence-electron chi connectivity index (χ4n) is 1.51. The molecule has 2 aromatic rings. The number of carbonyl (C=O) groups excluding carboxylic acids is 1. The smallest absolute Gasteiger partial charge is 0.200 e. The van der Waals surface area contributed by atoms with Crippen LogP contribution in [0.4, 0.5) is 0 Å². The SMILES string of the molecule is O=C(c1ccccc1)c1c(O)ccc(Br)c1O. The molecule has 0 saturated heterocycles. The molecule has 17 heavy (non-hydrogen) atoms. The zero-order valence-electron chi connectivity index (χ0n) is 8.72. The van der Waals surface area contributed by atoms with Crippen molar-refractivity contribution in [3.05, 3.63) is 58.1 Å². The van der Waals surface area contributed by atoms with Gasteiger partial charge in [0.1, 0.15) is 17.1 Å². The number of phenolic OH excluding ortho intramolecular Hbond substituents is 2. The molecule has 0 radical (unpaired) electrons. The van der Waals surface area contributed by atoms with E-state index >= 15 is 0 Å². The van der Waals surface area contributed by atoms with E-state index in [9.17, 15) is 15.0 Å². The summed E-state index contributed by atoms with van der Waals surface area (Å²) in [5.41, 5.74) is 0.321. The second-order valence-corrected chi connectivity index (χ2v) is 4.34. The van der Waals surface area contributed by atoms with Crippen molar-refractivity contribution < 1.29 is 15.0 Å². The van der Waals surface area contributed by atoms with Crippen molar-refractivity contribution in [2.45, 2.75) is 0 Å². The third-order valence-corrected chi connectivity index (χ3v) is 3.01. The summed E-state index contributed by atoms with van der Waals surface area (Å²) in [6, 6.07) is 11.3. The molecule has 2 aromatic carbocycles. The number of ketones is 1. The third kappa shape index (κ3) is 2.17. The lowest BCUT2D eigenvalue weighted by Crippen LogP contribution is -2.02. The maximum Gasteiger partial charge on any atom is 0.200 e. The number of phenols is 2. The van der Waals surface area contributed by atoms with Crippen molar-refractivity contribution in [2.24, 2.45) is 0 Å². The van der Waals surface area contributed by atoms with E-state index in [1.54, 1.807) is 30.3 Å². The first-order valence-corrected chi connectivity index (χ1v) is 5.70. The lowest BCUT2D eigenvalue weighted by molar-refractivity contribution is 0.103. The number of carbonyl (C=O) groups is 1. The predicted octanol–water partition coefficient (Wildman–Crippen LogP) is 3.09. The monoisotopic (exact) mass is 292 g/mol. The van der Waals surface area contributed by atoms with Gasteiger partial charge in [-0.2, -0.15) is 0 Å². The van der Waals surface area contributed by atoms with E-state index < -0.39 is 5.78 Å². The second-order valence-electron chi connectivity index (χ2n) is 3.49. The molecule has 4 heteroatoms. The van der Waals surface area contributed by atoms with E-state index in [1.807, 2.05) is 0 Å². The summed E-state index contributed by atoms with van der Waals surface area (Å²) in [6.07, 6.45) is 0. The molecular formula is C13H9BrO3. The Morgan fingerprint density at radius 3 is 2.29 bits per heavy atom. The first-order valence-electron chi connectivity index (χ1n) is 4.91. The topological polar surface area (TPSA) is 57.5 Å². The van der Waals surface area contributed by atoms with Crippen molar-refractivity contribution in [1.29, 1.82) is 0 Å². The largest absolute Gasteiger partial charge is 0.507 e. The van der Waals surface area contributed by atoms with Crippen molar-refractivity contribution in [3.8, 4) is 11.5 Å². The van der Waals surface area contributed by atoms with Crippen LogP contribution >= 0.6 is 15.9 Å². The summed E-state index contributed by atoms with van der Waals surface area (Å²) in [7, 11) is 0. The number of hydrogen-bond acceptors (Lipinski definition) is 3. The van der Waals surface area contributed by atoms with Gasteiger partial charge in [-0.1, -0.05) is 30.3 Å². The highest BCUT2D eigenvalue weighted by Crippen LogP contribution is 2.35. The van der Waals surface area contributed by atoms with Gasteiger partial charge < -0.3 is 10.2 Å². The molecule has 0 aromatic heterocycles. The van der Waals surface area contributed by atoms with Gasteiger partial charge in [0.2, 0.25) is 5.78 Å². The van der Waals surface area contributed by atoms with Gasteiger partial charge in [-0.3, -0.25) is 4.79 Å². The predicted molar refractivity (Wildman–Crippen MR) is 67.3 cm³/mol. The van der Waals surface area contributed by atoms with Crippen LogP contribution in [0.3, 0.4) is 0 Å². The summed E-state index contributed by atoms with van der Waals surface area (Å²) in [6.45, 7) is 0. The second kappa shape index (κ2) is 4.59. The average Bonchev–Trinajstić information content (AvgIpc) is 2.35. The van der Waals surface area contributed by atoms with Gasteiger partial charge in [0.15, 0.2) is 0 Å². The Hall–Kier alpha value is -1.81. The first kappa shape index (κ1) is 11.7. The molecule has 0 amide bonds. The van der Waals surface area contributed by atoms with Crippen LogP contribution in [-0.2, 0) is 0 Å². The van der Waals surface area contributed by atoms with Gasteiger partial charge in [-0.05, 0) is 28.1 Å². The summed E-state index contributed by atoms with van der Waals surface area (Å²) < 4.78 is 0.370. The van der Waals surface area contributed by atoms with E-state index in [0.717, 1.165) is 0 Å². The third-order valence-electron chi connectivity index (χ3n) is 2.37. The molecule has 3 nitrogen and oxygen atoms in total.